The molecule has 2 rings (SSSR count). The van der Waals surface area contributed by atoms with Gasteiger partial charge in [0.15, 0.2) is 0 Å². The normalized spacial score (nSPS) is 27.4. The zero-order valence-corrected chi connectivity index (χ0v) is 14.1. The topological polar surface area (TPSA) is 41.6 Å². The third-order valence-electron chi connectivity index (χ3n) is 4.61. The molecule has 4 nitrogen and oxygen atoms in total. The van der Waals surface area contributed by atoms with Crippen molar-refractivity contribution in [3.63, 3.8) is 0 Å². The average Bonchev–Trinajstić information content (AvgIpc) is 2.51. The van der Waals surface area contributed by atoms with E-state index in [1.165, 1.54) is 5.56 Å². The molecule has 0 amide bonds. The first-order chi connectivity index (χ1) is 10.5. The summed E-state index contributed by atoms with van der Waals surface area (Å²) < 4.78 is 5.23. The van der Waals surface area contributed by atoms with Gasteiger partial charge >= 0.3 is 5.97 Å². The quantitative estimate of drug-likeness (QED) is 0.849. The molecule has 3 unspecified atom stereocenters. The van der Waals surface area contributed by atoms with Crippen molar-refractivity contribution in [3.05, 3.63) is 35.9 Å². The van der Waals surface area contributed by atoms with Gasteiger partial charge in [-0.25, -0.2) is 0 Å². The third-order valence-corrected chi connectivity index (χ3v) is 4.61. The number of likely N-dealkylation sites (tertiary alicyclic amines) is 1. The highest BCUT2D eigenvalue weighted by Crippen LogP contribution is 2.33. The molecule has 122 valence electrons. The maximum atomic E-state index is 12.1. The van der Waals surface area contributed by atoms with Crippen molar-refractivity contribution in [1.82, 2.24) is 10.2 Å². The largest absolute Gasteiger partial charge is 0.466 e. The van der Waals surface area contributed by atoms with E-state index in [0.29, 0.717) is 12.6 Å². The molecular formula is C18H28N2O2. The van der Waals surface area contributed by atoms with Crippen LogP contribution in [0, 0.1) is 5.41 Å². The Morgan fingerprint density at radius 2 is 2.14 bits per heavy atom. The molecule has 0 spiro atoms. The first kappa shape index (κ1) is 17.0. The number of esters is 1. The summed E-state index contributed by atoms with van der Waals surface area (Å²) in [5, 5.41) is 3.67. The van der Waals surface area contributed by atoms with Crippen molar-refractivity contribution in [3.8, 4) is 0 Å². The Bertz CT molecular complexity index is 491. The van der Waals surface area contributed by atoms with Crippen molar-refractivity contribution in [2.24, 2.45) is 5.41 Å². The molecule has 1 aromatic carbocycles. The highest BCUT2D eigenvalue weighted by atomic mass is 16.5. The van der Waals surface area contributed by atoms with Crippen LogP contribution in [0.15, 0.2) is 30.3 Å². The lowest BCUT2D eigenvalue weighted by molar-refractivity contribution is -0.158. The lowest BCUT2D eigenvalue weighted by Gasteiger charge is -2.43. The number of nitrogens with zero attached hydrogens (tertiary/aromatic N) is 1. The molecule has 1 aliphatic heterocycles. The van der Waals surface area contributed by atoms with E-state index in [1.54, 1.807) is 0 Å². The van der Waals surface area contributed by atoms with Crippen LogP contribution in [0.3, 0.4) is 0 Å². The van der Waals surface area contributed by atoms with Gasteiger partial charge in [0.25, 0.3) is 0 Å². The van der Waals surface area contributed by atoms with E-state index in [1.807, 2.05) is 19.9 Å². The van der Waals surface area contributed by atoms with E-state index in [2.05, 4.69) is 48.5 Å². The van der Waals surface area contributed by atoms with Crippen LogP contribution in [-0.4, -0.2) is 37.2 Å². The minimum Gasteiger partial charge on any atom is -0.466 e. The zero-order chi connectivity index (χ0) is 16.2. The number of carbonyl (C=O) groups is 1. The number of rotatable bonds is 5. The highest BCUT2D eigenvalue weighted by Gasteiger charge is 2.41. The second kappa shape index (κ2) is 7.25. The number of ether oxygens (including phenoxy) is 1. The first-order valence-corrected chi connectivity index (χ1v) is 8.15. The molecule has 0 aromatic heterocycles. The van der Waals surface area contributed by atoms with Crippen molar-refractivity contribution in [1.29, 1.82) is 0 Å². The number of benzene rings is 1. The van der Waals surface area contributed by atoms with Crippen LogP contribution >= 0.6 is 0 Å². The van der Waals surface area contributed by atoms with Crippen LogP contribution in [-0.2, 0) is 9.53 Å². The van der Waals surface area contributed by atoms with Crippen molar-refractivity contribution < 1.29 is 9.53 Å². The number of hydrogen-bond acceptors (Lipinski definition) is 4. The third kappa shape index (κ3) is 3.87. The second-order valence-corrected chi connectivity index (χ2v) is 6.55. The zero-order valence-electron chi connectivity index (χ0n) is 14.1. The lowest BCUT2D eigenvalue weighted by Crippen LogP contribution is -2.55. The van der Waals surface area contributed by atoms with Gasteiger partial charge in [0.1, 0.15) is 0 Å². The van der Waals surface area contributed by atoms with Crippen molar-refractivity contribution >= 4 is 5.97 Å². The van der Waals surface area contributed by atoms with E-state index in [0.717, 1.165) is 19.4 Å². The Hall–Kier alpha value is -1.39. The Kier molecular flexibility index (Phi) is 5.59. The van der Waals surface area contributed by atoms with E-state index in [-0.39, 0.29) is 17.6 Å². The van der Waals surface area contributed by atoms with Gasteiger partial charge in [-0.3, -0.25) is 15.0 Å². The van der Waals surface area contributed by atoms with Crippen LogP contribution in [0.1, 0.15) is 45.2 Å². The maximum absolute atomic E-state index is 12.1. The van der Waals surface area contributed by atoms with Gasteiger partial charge in [-0.1, -0.05) is 30.3 Å². The summed E-state index contributed by atoms with van der Waals surface area (Å²) in [6.07, 6.45) is 2.09. The number of nitrogens with one attached hydrogen (secondary N) is 1. The smallest absolute Gasteiger partial charge is 0.313 e. The Morgan fingerprint density at radius 3 is 2.73 bits per heavy atom. The minimum absolute atomic E-state index is 0.0728. The fourth-order valence-corrected chi connectivity index (χ4v) is 3.22. The SMILES string of the molecule is CCOC(=O)C1(C)CCC(NC(C)c2ccccc2)N(C)C1. The van der Waals surface area contributed by atoms with Gasteiger partial charge in [0.05, 0.1) is 18.2 Å². The molecule has 4 heteroatoms. The monoisotopic (exact) mass is 304 g/mol. The van der Waals surface area contributed by atoms with E-state index in [9.17, 15) is 4.79 Å². The molecular weight excluding hydrogens is 276 g/mol. The fraction of sp³-hybridized carbons (Fsp3) is 0.611. The predicted molar refractivity (Wildman–Crippen MR) is 88.4 cm³/mol. The molecule has 0 saturated carbocycles. The van der Waals surface area contributed by atoms with Gasteiger partial charge in [-0.2, -0.15) is 0 Å². The van der Waals surface area contributed by atoms with Gasteiger partial charge in [0, 0.05) is 12.6 Å². The van der Waals surface area contributed by atoms with E-state index >= 15 is 0 Å². The van der Waals surface area contributed by atoms with Gasteiger partial charge in [-0.05, 0) is 46.2 Å². The van der Waals surface area contributed by atoms with Gasteiger partial charge in [0.2, 0.25) is 0 Å². The van der Waals surface area contributed by atoms with Crippen LogP contribution in [0.5, 0.6) is 0 Å². The Balaban J connectivity index is 1.95. The number of carbonyl (C=O) groups excluding carboxylic acids is 1. The average molecular weight is 304 g/mol. The van der Waals surface area contributed by atoms with Crippen LogP contribution in [0.4, 0.5) is 0 Å². The first-order valence-electron chi connectivity index (χ1n) is 8.15. The molecule has 1 heterocycles. The predicted octanol–water partition coefficient (Wildman–Crippen LogP) is 2.96. The standard InChI is InChI=1S/C18H28N2O2/c1-5-22-17(21)18(3)12-11-16(20(4)13-18)19-14(2)15-9-7-6-8-10-15/h6-10,14,16,19H,5,11-13H2,1-4H3. The molecule has 1 saturated heterocycles. The molecule has 0 bridgehead atoms. The van der Waals surface area contributed by atoms with Gasteiger partial charge < -0.3 is 4.74 Å². The van der Waals surface area contributed by atoms with Crippen LogP contribution in [0.25, 0.3) is 0 Å². The summed E-state index contributed by atoms with van der Waals surface area (Å²) in [6.45, 7) is 7.23. The molecule has 0 aliphatic carbocycles. The molecule has 1 N–H and O–H groups in total. The van der Waals surface area contributed by atoms with E-state index < -0.39 is 0 Å². The molecule has 1 aromatic rings. The summed E-state index contributed by atoms with van der Waals surface area (Å²) in [4.78, 5) is 14.4. The Labute approximate surface area is 133 Å². The van der Waals surface area contributed by atoms with Crippen molar-refractivity contribution in [2.45, 2.75) is 45.8 Å². The summed E-state index contributed by atoms with van der Waals surface area (Å²) in [5.41, 5.74) is 0.897. The summed E-state index contributed by atoms with van der Waals surface area (Å²) in [5.74, 6) is -0.0728. The summed E-state index contributed by atoms with van der Waals surface area (Å²) in [6, 6.07) is 10.7. The Morgan fingerprint density at radius 1 is 1.45 bits per heavy atom. The second-order valence-electron chi connectivity index (χ2n) is 6.55. The minimum atomic E-state index is -0.390. The highest BCUT2D eigenvalue weighted by molar-refractivity contribution is 5.76. The van der Waals surface area contributed by atoms with Gasteiger partial charge in [-0.15, -0.1) is 0 Å². The molecule has 1 fully saturated rings. The molecule has 0 radical (unpaired) electrons. The molecule has 1 aliphatic rings. The maximum Gasteiger partial charge on any atom is 0.313 e. The van der Waals surface area contributed by atoms with Crippen LogP contribution < -0.4 is 5.32 Å². The lowest BCUT2D eigenvalue weighted by atomic mass is 9.81. The van der Waals surface area contributed by atoms with E-state index in [4.69, 9.17) is 4.74 Å². The summed E-state index contributed by atoms with van der Waals surface area (Å²) in [7, 11) is 2.08. The van der Waals surface area contributed by atoms with Crippen LogP contribution in [0.2, 0.25) is 0 Å². The summed E-state index contributed by atoms with van der Waals surface area (Å²) >= 11 is 0. The fourth-order valence-electron chi connectivity index (χ4n) is 3.22. The van der Waals surface area contributed by atoms with Crippen molar-refractivity contribution in [2.75, 3.05) is 20.2 Å². The number of piperidine rings is 1. The molecule has 3 atom stereocenters. The number of hydrogen-bond donors (Lipinski definition) is 1. The molecule has 22 heavy (non-hydrogen) atoms.